The molecule has 0 aliphatic heterocycles. The lowest BCUT2D eigenvalue weighted by atomic mass is 9.96. The zero-order valence-electron chi connectivity index (χ0n) is 15.3. The molecule has 0 spiro atoms. The maximum absolute atomic E-state index is 10.8. The second kappa shape index (κ2) is 7.47. The highest BCUT2D eigenvalue weighted by Gasteiger charge is 2.21. The number of aromatic hydroxyl groups is 1. The zero-order chi connectivity index (χ0) is 19.8. The standard InChI is InChI=1S/C22H19Cl2N3O/c1-13-17(10-25)20(16-8-7-15(23)9-19(16)24)18-12-27(22(28)21(18)26-13)11-14-5-3-2-4-6-14/h2-9,12,28H,10-11,25H2,1H3. The van der Waals surface area contributed by atoms with Gasteiger partial charge in [-0.15, -0.1) is 0 Å². The molecule has 0 bridgehead atoms. The van der Waals surface area contributed by atoms with E-state index in [1.165, 1.54) is 0 Å². The molecule has 0 aliphatic carbocycles. The molecule has 0 unspecified atom stereocenters. The lowest BCUT2D eigenvalue weighted by Crippen LogP contribution is -2.04. The highest BCUT2D eigenvalue weighted by Crippen LogP contribution is 2.41. The van der Waals surface area contributed by atoms with E-state index in [0.29, 0.717) is 28.7 Å². The smallest absolute Gasteiger partial charge is 0.218 e. The average molecular weight is 412 g/mol. The average Bonchev–Trinajstić information content (AvgIpc) is 2.97. The van der Waals surface area contributed by atoms with Gasteiger partial charge in [-0.25, -0.2) is 4.98 Å². The van der Waals surface area contributed by atoms with Crippen LogP contribution < -0.4 is 5.73 Å². The van der Waals surface area contributed by atoms with Gasteiger partial charge in [-0.1, -0.05) is 59.6 Å². The molecule has 0 saturated heterocycles. The van der Waals surface area contributed by atoms with Crippen LogP contribution >= 0.6 is 23.2 Å². The summed E-state index contributed by atoms with van der Waals surface area (Å²) in [6.45, 7) is 2.74. The van der Waals surface area contributed by atoms with Crippen LogP contribution in [0, 0.1) is 6.92 Å². The first-order valence-corrected chi connectivity index (χ1v) is 9.66. The van der Waals surface area contributed by atoms with Crippen molar-refractivity contribution < 1.29 is 5.11 Å². The number of aromatic nitrogens is 2. The number of aryl methyl sites for hydroxylation is 1. The van der Waals surface area contributed by atoms with Gasteiger partial charge in [0.1, 0.15) is 5.52 Å². The summed E-state index contributed by atoms with van der Waals surface area (Å²) >= 11 is 12.6. The summed E-state index contributed by atoms with van der Waals surface area (Å²) < 4.78 is 1.79. The van der Waals surface area contributed by atoms with E-state index in [1.807, 2.05) is 49.5 Å². The molecular weight excluding hydrogens is 393 g/mol. The third-order valence-electron chi connectivity index (χ3n) is 4.91. The molecule has 4 nitrogen and oxygen atoms in total. The summed E-state index contributed by atoms with van der Waals surface area (Å²) in [4.78, 5) is 4.62. The third kappa shape index (κ3) is 3.24. The van der Waals surface area contributed by atoms with Crippen LogP contribution in [-0.2, 0) is 13.1 Å². The summed E-state index contributed by atoms with van der Waals surface area (Å²) in [6, 6.07) is 15.3. The van der Waals surface area contributed by atoms with Crippen molar-refractivity contribution in [3.8, 4) is 17.0 Å². The molecule has 0 aliphatic rings. The number of hydrogen-bond acceptors (Lipinski definition) is 3. The Morgan fingerprint density at radius 3 is 2.54 bits per heavy atom. The number of nitrogens with two attached hydrogens (primary N) is 1. The van der Waals surface area contributed by atoms with Gasteiger partial charge in [0.05, 0.1) is 6.54 Å². The van der Waals surface area contributed by atoms with E-state index in [9.17, 15) is 5.11 Å². The Morgan fingerprint density at radius 2 is 1.86 bits per heavy atom. The second-order valence-electron chi connectivity index (χ2n) is 6.71. The fourth-order valence-corrected chi connectivity index (χ4v) is 4.06. The van der Waals surface area contributed by atoms with Crippen molar-refractivity contribution >= 4 is 34.1 Å². The van der Waals surface area contributed by atoms with E-state index in [-0.39, 0.29) is 5.88 Å². The van der Waals surface area contributed by atoms with E-state index in [1.54, 1.807) is 16.7 Å². The van der Waals surface area contributed by atoms with Gasteiger partial charge in [-0.05, 0) is 30.2 Å². The minimum absolute atomic E-state index is 0.122. The number of halogens is 2. The normalized spacial score (nSPS) is 11.3. The molecule has 2 aromatic heterocycles. The first kappa shape index (κ1) is 18.8. The highest BCUT2D eigenvalue weighted by molar-refractivity contribution is 6.36. The van der Waals surface area contributed by atoms with E-state index in [0.717, 1.165) is 33.3 Å². The first-order valence-electron chi connectivity index (χ1n) is 8.90. The molecule has 2 aromatic carbocycles. The molecule has 28 heavy (non-hydrogen) atoms. The van der Waals surface area contributed by atoms with Crippen molar-refractivity contribution in [3.05, 3.63) is 81.6 Å². The predicted molar refractivity (Wildman–Crippen MR) is 115 cm³/mol. The third-order valence-corrected chi connectivity index (χ3v) is 5.46. The molecule has 0 radical (unpaired) electrons. The van der Waals surface area contributed by atoms with Crippen molar-refractivity contribution in [2.75, 3.05) is 0 Å². The van der Waals surface area contributed by atoms with Crippen LogP contribution in [0.5, 0.6) is 5.88 Å². The van der Waals surface area contributed by atoms with Crippen LogP contribution in [0.25, 0.3) is 22.0 Å². The van der Waals surface area contributed by atoms with Crippen LogP contribution in [0.4, 0.5) is 0 Å². The Balaban J connectivity index is 1.98. The number of pyridine rings is 1. The molecule has 0 fully saturated rings. The molecule has 6 heteroatoms. The van der Waals surface area contributed by atoms with Gasteiger partial charge in [0.15, 0.2) is 0 Å². The van der Waals surface area contributed by atoms with Gasteiger partial charge in [-0.3, -0.25) is 0 Å². The quantitative estimate of drug-likeness (QED) is 0.463. The fraction of sp³-hybridized carbons (Fsp3) is 0.136. The van der Waals surface area contributed by atoms with Gasteiger partial charge < -0.3 is 15.4 Å². The van der Waals surface area contributed by atoms with Gasteiger partial charge >= 0.3 is 0 Å². The number of fused-ring (bicyclic) bond motifs is 1. The van der Waals surface area contributed by atoms with Crippen molar-refractivity contribution in [2.24, 2.45) is 5.73 Å². The Labute approximate surface area is 173 Å². The Morgan fingerprint density at radius 1 is 1.11 bits per heavy atom. The molecule has 0 amide bonds. The van der Waals surface area contributed by atoms with Crippen molar-refractivity contribution in [2.45, 2.75) is 20.0 Å². The maximum Gasteiger partial charge on any atom is 0.218 e. The largest absolute Gasteiger partial charge is 0.493 e. The van der Waals surface area contributed by atoms with E-state index in [4.69, 9.17) is 28.9 Å². The van der Waals surface area contributed by atoms with Crippen molar-refractivity contribution in [1.29, 1.82) is 0 Å². The lowest BCUT2D eigenvalue weighted by molar-refractivity contribution is 0.429. The first-order chi connectivity index (χ1) is 13.5. The van der Waals surface area contributed by atoms with Crippen LogP contribution in [0.15, 0.2) is 54.7 Å². The van der Waals surface area contributed by atoms with Crippen LogP contribution in [0.1, 0.15) is 16.8 Å². The Kier molecular flexibility index (Phi) is 5.02. The van der Waals surface area contributed by atoms with Crippen molar-refractivity contribution in [1.82, 2.24) is 9.55 Å². The number of rotatable bonds is 4. The number of nitrogens with zero attached hydrogens (tertiary/aromatic N) is 2. The van der Waals surface area contributed by atoms with Gasteiger partial charge in [0, 0.05) is 45.0 Å². The summed E-state index contributed by atoms with van der Waals surface area (Å²) in [5.41, 5.74) is 11.0. The maximum atomic E-state index is 10.8. The molecule has 0 atom stereocenters. The van der Waals surface area contributed by atoms with Crippen LogP contribution in [-0.4, -0.2) is 14.7 Å². The molecule has 4 rings (SSSR count). The van der Waals surface area contributed by atoms with Gasteiger partial charge in [0.25, 0.3) is 0 Å². The summed E-state index contributed by atoms with van der Waals surface area (Å²) in [5.74, 6) is 0.122. The molecule has 4 aromatic rings. The molecule has 3 N–H and O–H groups in total. The van der Waals surface area contributed by atoms with Gasteiger partial charge in [0.2, 0.25) is 5.88 Å². The van der Waals surface area contributed by atoms with Gasteiger partial charge in [-0.2, -0.15) is 0 Å². The molecule has 0 saturated carbocycles. The fourth-order valence-electron chi connectivity index (χ4n) is 3.56. The van der Waals surface area contributed by atoms with Crippen LogP contribution in [0.2, 0.25) is 10.0 Å². The van der Waals surface area contributed by atoms with E-state index in [2.05, 4.69) is 4.98 Å². The molecular formula is C22H19Cl2N3O. The number of hydrogen-bond donors (Lipinski definition) is 2. The summed E-state index contributed by atoms with van der Waals surface area (Å²) in [5, 5.41) is 12.7. The molecule has 142 valence electrons. The monoisotopic (exact) mass is 411 g/mol. The van der Waals surface area contributed by atoms with E-state index < -0.39 is 0 Å². The predicted octanol–water partition coefficient (Wildman–Crippen LogP) is 5.53. The number of benzene rings is 2. The van der Waals surface area contributed by atoms with Crippen LogP contribution in [0.3, 0.4) is 0 Å². The SMILES string of the molecule is Cc1nc2c(O)n(Cc3ccccc3)cc2c(-c2ccc(Cl)cc2Cl)c1CN. The lowest BCUT2D eigenvalue weighted by Gasteiger charge is -2.14. The summed E-state index contributed by atoms with van der Waals surface area (Å²) in [7, 11) is 0. The van der Waals surface area contributed by atoms with Crippen molar-refractivity contribution in [3.63, 3.8) is 0 Å². The van der Waals surface area contributed by atoms with E-state index >= 15 is 0 Å². The second-order valence-corrected chi connectivity index (χ2v) is 7.55. The Hall–Kier alpha value is -2.53. The summed E-state index contributed by atoms with van der Waals surface area (Å²) in [6.07, 6.45) is 1.91. The topological polar surface area (TPSA) is 64.1 Å². The Bertz CT molecular complexity index is 1170. The minimum Gasteiger partial charge on any atom is -0.493 e. The minimum atomic E-state index is 0.122. The highest BCUT2D eigenvalue weighted by atomic mass is 35.5. The molecule has 2 heterocycles. The zero-order valence-corrected chi connectivity index (χ0v) is 16.8.